The van der Waals surface area contributed by atoms with Crippen LogP contribution in [-0.2, 0) is 19.6 Å². The molecule has 0 saturated heterocycles. The Morgan fingerprint density at radius 3 is 2.50 bits per heavy atom. The van der Waals surface area contributed by atoms with Crippen molar-refractivity contribution >= 4 is 33.5 Å². The lowest BCUT2D eigenvalue weighted by atomic mass is 9.90. The Morgan fingerprint density at radius 1 is 1.38 bits per heavy atom. The number of hydrogen-bond donors (Lipinski definition) is 2. The molecule has 0 spiro atoms. The summed E-state index contributed by atoms with van der Waals surface area (Å²) < 4.78 is 30.6. The normalized spacial score (nSPS) is 13.6. The number of benzene rings is 1. The largest absolute Gasteiger partial charge is 0.452 e. The highest BCUT2D eigenvalue weighted by atomic mass is 35.5. The standard InChI is InChI=1S/C16H20ClN3O5S/c1-10(2)16(3,9-18)20-14(21)8-25-15(22)12-7-11(5-6-13(12)17)26(23,24)19-4/h5-7,10,19H,8H2,1-4H3,(H,20,21)/t16-/m1/s1. The first-order valence-corrected chi connectivity index (χ1v) is 9.45. The zero-order valence-electron chi connectivity index (χ0n) is 14.8. The summed E-state index contributed by atoms with van der Waals surface area (Å²) in [6.45, 7) is 4.45. The van der Waals surface area contributed by atoms with Gasteiger partial charge in [-0.3, -0.25) is 4.79 Å². The molecule has 0 radical (unpaired) electrons. The Morgan fingerprint density at radius 2 is 2.00 bits per heavy atom. The zero-order valence-corrected chi connectivity index (χ0v) is 16.4. The number of nitrogens with one attached hydrogen (secondary N) is 2. The van der Waals surface area contributed by atoms with Gasteiger partial charge in [-0.1, -0.05) is 25.4 Å². The summed E-state index contributed by atoms with van der Waals surface area (Å²) in [5.74, 6) is -1.78. The van der Waals surface area contributed by atoms with E-state index < -0.39 is 34.0 Å². The minimum Gasteiger partial charge on any atom is -0.452 e. The van der Waals surface area contributed by atoms with Crippen molar-refractivity contribution < 1.29 is 22.7 Å². The van der Waals surface area contributed by atoms with Gasteiger partial charge in [0.2, 0.25) is 10.0 Å². The van der Waals surface area contributed by atoms with Crippen molar-refractivity contribution in [1.29, 1.82) is 5.26 Å². The Bertz CT molecular complexity index is 848. The average Bonchev–Trinajstić information content (AvgIpc) is 2.59. The minimum atomic E-state index is -3.77. The van der Waals surface area contributed by atoms with Crippen molar-refractivity contribution in [2.45, 2.75) is 31.2 Å². The summed E-state index contributed by atoms with van der Waals surface area (Å²) in [4.78, 5) is 23.9. The molecule has 10 heteroatoms. The van der Waals surface area contributed by atoms with Crippen LogP contribution in [0.3, 0.4) is 0 Å². The van der Waals surface area contributed by atoms with Crippen molar-refractivity contribution in [3.05, 3.63) is 28.8 Å². The quantitative estimate of drug-likeness (QED) is 0.666. The van der Waals surface area contributed by atoms with E-state index in [9.17, 15) is 23.3 Å². The molecule has 0 unspecified atom stereocenters. The number of ether oxygens (including phenoxy) is 1. The lowest BCUT2D eigenvalue weighted by molar-refractivity contribution is -0.125. The molecule has 142 valence electrons. The van der Waals surface area contributed by atoms with Crippen LogP contribution in [0.1, 0.15) is 31.1 Å². The van der Waals surface area contributed by atoms with E-state index in [0.717, 1.165) is 6.07 Å². The van der Waals surface area contributed by atoms with Crippen LogP contribution in [0.2, 0.25) is 5.02 Å². The first kappa shape index (κ1) is 21.9. The van der Waals surface area contributed by atoms with Crippen molar-refractivity contribution in [2.24, 2.45) is 5.92 Å². The number of carbonyl (C=O) groups excluding carboxylic acids is 2. The monoisotopic (exact) mass is 401 g/mol. The van der Waals surface area contributed by atoms with Crippen LogP contribution in [-0.4, -0.2) is 39.5 Å². The second kappa shape index (κ2) is 8.49. The number of halogens is 1. The lowest BCUT2D eigenvalue weighted by Gasteiger charge is -2.27. The third kappa shape index (κ3) is 5.17. The Kier molecular flexibility index (Phi) is 7.15. The highest BCUT2D eigenvalue weighted by molar-refractivity contribution is 7.89. The van der Waals surface area contributed by atoms with Crippen molar-refractivity contribution in [1.82, 2.24) is 10.0 Å². The molecule has 0 heterocycles. The van der Waals surface area contributed by atoms with Crippen molar-refractivity contribution in [2.75, 3.05) is 13.7 Å². The number of nitrogens with zero attached hydrogens (tertiary/aromatic N) is 1. The van der Waals surface area contributed by atoms with Crippen LogP contribution >= 0.6 is 11.6 Å². The molecule has 8 nitrogen and oxygen atoms in total. The van der Waals surface area contributed by atoms with E-state index in [-0.39, 0.29) is 21.4 Å². The van der Waals surface area contributed by atoms with Crippen LogP contribution in [0.5, 0.6) is 0 Å². The van der Waals surface area contributed by atoms with E-state index in [1.54, 1.807) is 20.8 Å². The second-order valence-electron chi connectivity index (χ2n) is 5.94. The SMILES string of the molecule is CNS(=O)(=O)c1ccc(Cl)c(C(=O)OCC(=O)N[C@](C)(C#N)C(C)C)c1. The number of nitriles is 1. The van der Waals surface area contributed by atoms with Gasteiger partial charge in [-0.05, 0) is 38.1 Å². The number of esters is 1. The van der Waals surface area contributed by atoms with Gasteiger partial charge < -0.3 is 10.1 Å². The van der Waals surface area contributed by atoms with Crippen LogP contribution in [0, 0.1) is 17.2 Å². The maximum absolute atomic E-state index is 12.1. The molecule has 0 aliphatic rings. The molecule has 0 fully saturated rings. The summed E-state index contributed by atoms with van der Waals surface area (Å²) in [7, 11) is -2.54. The Hall–Kier alpha value is -2.15. The topological polar surface area (TPSA) is 125 Å². The number of carbonyl (C=O) groups is 2. The highest BCUT2D eigenvalue weighted by Crippen LogP contribution is 2.21. The fraction of sp³-hybridized carbons (Fsp3) is 0.438. The third-order valence-corrected chi connectivity index (χ3v) is 5.60. The highest BCUT2D eigenvalue weighted by Gasteiger charge is 2.30. The first-order chi connectivity index (χ1) is 12.0. The number of rotatable bonds is 7. The number of sulfonamides is 1. The maximum atomic E-state index is 12.1. The third-order valence-electron chi connectivity index (χ3n) is 3.86. The van der Waals surface area contributed by atoms with E-state index in [0.29, 0.717) is 0 Å². The molecule has 0 saturated carbocycles. The molecular formula is C16H20ClN3O5S. The summed E-state index contributed by atoms with van der Waals surface area (Å²) in [6, 6.07) is 5.54. The van der Waals surface area contributed by atoms with Gasteiger partial charge in [0, 0.05) is 0 Å². The fourth-order valence-electron chi connectivity index (χ4n) is 1.78. The molecule has 2 N–H and O–H groups in total. The first-order valence-electron chi connectivity index (χ1n) is 7.59. The molecule has 1 aromatic carbocycles. The molecule has 0 aliphatic heterocycles. The number of amides is 1. The smallest absolute Gasteiger partial charge is 0.340 e. The summed E-state index contributed by atoms with van der Waals surface area (Å²) >= 11 is 5.91. The summed E-state index contributed by atoms with van der Waals surface area (Å²) in [5, 5.41) is 11.6. The predicted octanol–water partition coefficient (Wildman–Crippen LogP) is 1.46. The maximum Gasteiger partial charge on any atom is 0.340 e. The van der Waals surface area contributed by atoms with E-state index in [1.165, 1.54) is 19.2 Å². The van der Waals surface area contributed by atoms with E-state index >= 15 is 0 Å². The Labute approximate surface area is 157 Å². The van der Waals surface area contributed by atoms with E-state index in [4.69, 9.17) is 16.3 Å². The molecule has 0 aromatic heterocycles. The average molecular weight is 402 g/mol. The lowest BCUT2D eigenvalue weighted by Crippen LogP contribution is -2.50. The van der Waals surface area contributed by atoms with Gasteiger partial charge in [-0.15, -0.1) is 0 Å². The van der Waals surface area contributed by atoms with Gasteiger partial charge in [-0.25, -0.2) is 17.9 Å². The minimum absolute atomic E-state index is 0.0190. The zero-order chi connectivity index (χ0) is 20.1. The molecule has 1 aromatic rings. The molecule has 1 atom stereocenters. The van der Waals surface area contributed by atoms with Gasteiger partial charge in [0.15, 0.2) is 6.61 Å². The van der Waals surface area contributed by atoms with Crippen molar-refractivity contribution in [3.8, 4) is 6.07 Å². The Balaban J connectivity index is 2.88. The van der Waals surface area contributed by atoms with Gasteiger partial charge in [0.25, 0.3) is 5.91 Å². The molecule has 1 amide bonds. The predicted molar refractivity (Wildman–Crippen MR) is 95.0 cm³/mol. The van der Waals surface area contributed by atoms with Crippen LogP contribution in [0.4, 0.5) is 0 Å². The van der Waals surface area contributed by atoms with Gasteiger partial charge in [-0.2, -0.15) is 5.26 Å². The summed E-state index contributed by atoms with van der Waals surface area (Å²) in [6.07, 6.45) is 0. The molecule has 0 aliphatic carbocycles. The van der Waals surface area contributed by atoms with Gasteiger partial charge >= 0.3 is 5.97 Å². The molecule has 0 bridgehead atoms. The summed E-state index contributed by atoms with van der Waals surface area (Å²) in [5.41, 5.74) is -1.30. The van der Waals surface area contributed by atoms with Crippen LogP contribution < -0.4 is 10.0 Å². The van der Waals surface area contributed by atoms with E-state index in [1.807, 2.05) is 6.07 Å². The molecular weight excluding hydrogens is 382 g/mol. The number of hydrogen-bond acceptors (Lipinski definition) is 6. The fourth-order valence-corrected chi connectivity index (χ4v) is 2.73. The van der Waals surface area contributed by atoms with Crippen molar-refractivity contribution in [3.63, 3.8) is 0 Å². The van der Waals surface area contributed by atoms with E-state index in [2.05, 4.69) is 10.0 Å². The second-order valence-corrected chi connectivity index (χ2v) is 8.24. The van der Waals surface area contributed by atoms with Gasteiger partial charge in [0.05, 0.1) is 21.6 Å². The van der Waals surface area contributed by atoms with Crippen LogP contribution in [0.15, 0.2) is 23.1 Å². The molecule has 1 rings (SSSR count). The van der Waals surface area contributed by atoms with Crippen LogP contribution in [0.25, 0.3) is 0 Å². The molecule has 26 heavy (non-hydrogen) atoms. The van der Waals surface area contributed by atoms with Gasteiger partial charge in [0.1, 0.15) is 5.54 Å².